The standard InChI is InChI=1S/C11H23NO2/c1-13-7-2-3-8-14-11-6-4-5-10(12)9-11/h10-11H,2-9,12H2,1H3. The minimum atomic E-state index is 0.368. The lowest BCUT2D eigenvalue weighted by Gasteiger charge is -2.26. The predicted octanol–water partition coefficient (Wildman–Crippen LogP) is 1.70. The van der Waals surface area contributed by atoms with Crippen molar-refractivity contribution in [3.63, 3.8) is 0 Å². The zero-order chi connectivity index (χ0) is 10.2. The van der Waals surface area contributed by atoms with Gasteiger partial charge in [0.1, 0.15) is 0 Å². The summed E-state index contributed by atoms with van der Waals surface area (Å²) in [4.78, 5) is 0. The van der Waals surface area contributed by atoms with Crippen molar-refractivity contribution in [1.82, 2.24) is 0 Å². The molecule has 14 heavy (non-hydrogen) atoms. The summed E-state index contributed by atoms with van der Waals surface area (Å²) < 4.78 is 10.7. The smallest absolute Gasteiger partial charge is 0.0589 e. The first-order chi connectivity index (χ1) is 6.83. The van der Waals surface area contributed by atoms with Crippen LogP contribution < -0.4 is 5.73 Å². The van der Waals surface area contributed by atoms with Crippen molar-refractivity contribution in [3.8, 4) is 0 Å². The van der Waals surface area contributed by atoms with Crippen molar-refractivity contribution in [2.45, 2.75) is 50.7 Å². The van der Waals surface area contributed by atoms with E-state index in [9.17, 15) is 0 Å². The molecule has 0 radical (unpaired) electrons. The lowest BCUT2D eigenvalue weighted by molar-refractivity contribution is 0.0194. The fourth-order valence-corrected chi connectivity index (χ4v) is 1.93. The van der Waals surface area contributed by atoms with Crippen LogP contribution in [0, 0.1) is 0 Å². The van der Waals surface area contributed by atoms with E-state index in [1.54, 1.807) is 7.11 Å². The SMILES string of the molecule is COCCCCOC1CCCC(N)C1. The molecular formula is C11H23NO2. The van der Waals surface area contributed by atoms with Gasteiger partial charge in [0.05, 0.1) is 6.10 Å². The van der Waals surface area contributed by atoms with Crippen LogP contribution in [-0.2, 0) is 9.47 Å². The van der Waals surface area contributed by atoms with E-state index in [4.69, 9.17) is 15.2 Å². The fraction of sp³-hybridized carbons (Fsp3) is 1.00. The highest BCUT2D eigenvalue weighted by atomic mass is 16.5. The molecule has 0 aromatic heterocycles. The van der Waals surface area contributed by atoms with Crippen molar-refractivity contribution in [2.75, 3.05) is 20.3 Å². The Morgan fingerprint density at radius 3 is 2.71 bits per heavy atom. The van der Waals surface area contributed by atoms with Gasteiger partial charge >= 0.3 is 0 Å². The molecule has 1 fully saturated rings. The number of ether oxygens (including phenoxy) is 2. The first-order valence-electron chi connectivity index (χ1n) is 5.69. The van der Waals surface area contributed by atoms with Gasteiger partial charge < -0.3 is 15.2 Å². The summed E-state index contributed by atoms with van der Waals surface area (Å²) in [6, 6.07) is 0.368. The highest BCUT2D eigenvalue weighted by molar-refractivity contribution is 4.75. The van der Waals surface area contributed by atoms with Crippen LogP contribution in [0.2, 0.25) is 0 Å². The van der Waals surface area contributed by atoms with E-state index in [0.717, 1.165) is 32.5 Å². The van der Waals surface area contributed by atoms with Crippen molar-refractivity contribution >= 4 is 0 Å². The van der Waals surface area contributed by atoms with Gasteiger partial charge in [-0.25, -0.2) is 0 Å². The zero-order valence-electron chi connectivity index (χ0n) is 9.21. The Balaban J connectivity index is 1.95. The average molecular weight is 201 g/mol. The summed E-state index contributed by atoms with van der Waals surface area (Å²) >= 11 is 0. The van der Waals surface area contributed by atoms with E-state index >= 15 is 0 Å². The zero-order valence-corrected chi connectivity index (χ0v) is 9.21. The quantitative estimate of drug-likeness (QED) is 0.665. The van der Waals surface area contributed by atoms with Crippen LogP contribution in [0.1, 0.15) is 38.5 Å². The average Bonchev–Trinajstić information content (AvgIpc) is 2.18. The maximum absolute atomic E-state index is 5.88. The van der Waals surface area contributed by atoms with Gasteiger partial charge in [-0.3, -0.25) is 0 Å². The minimum absolute atomic E-state index is 0.368. The van der Waals surface area contributed by atoms with Gasteiger partial charge in [0.2, 0.25) is 0 Å². The topological polar surface area (TPSA) is 44.5 Å². The normalized spacial score (nSPS) is 27.9. The molecule has 1 rings (SSSR count). The predicted molar refractivity (Wildman–Crippen MR) is 57.3 cm³/mol. The van der Waals surface area contributed by atoms with Crippen LogP contribution in [0.5, 0.6) is 0 Å². The number of rotatable bonds is 6. The highest BCUT2D eigenvalue weighted by Gasteiger charge is 2.18. The lowest BCUT2D eigenvalue weighted by Crippen LogP contribution is -2.32. The number of unbranched alkanes of at least 4 members (excludes halogenated alkanes) is 1. The molecule has 2 atom stereocenters. The molecule has 0 aliphatic heterocycles. The Morgan fingerprint density at radius 2 is 2.00 bits per heavy atom. The number of hydrogen-bond donors (Lipinski definition) is 1. The third-order valence-electron chi connectivity index (χ3n) is 2.76. The van der Waals surface area contributed by atoms with Gasteiger partial charge in [-0.05, 0) is 38.5 Å². The van der Waals surface area contributed by atoms with Gasteiger partial charge in [0.15, 0.2) is 0 Å². The van der Waals surface area contributed by atoms with Gasteiger partial charge in [0, 0.05) is 26.4 Å². The molecule has 1 aliphatic carbocycles. The van der Waals surface area contributed by atoms with Gasteiger partial charge in [-0.2, -0.15) is 0 Å². The first kappa shape index (κ1) is 12.0. The number of nitrogens with two attached hydrogens (primary N) is 1. The summed E-state index contributed by atoms with van der Waals surface area (Å²) in [5.74, 6) is 0. The molecule has 0 heterocycles. The van der Waals surface area contributed by atoms with Crippen LogP contribution in [0.15, 0.2) is 0 Å². The van der Waals surface area contributed by atoms with E-state index in [-0.39, 0.29) is 0 Å². The molecule has 2 unspecified atom stereocenters. The molecule has 84 valence electrons. The number of hydrogen-bond acceptors (Lipinski definition) is 3. The maximum Gasteiger partial charge on any atom is 0.0589 e. The van der Waals surface area contributed by atoms with Crippen LogP contribution in [0.25, 0.3) is 0 Å². The Hall–Kier alpha value is -0.120. The first-order valence-corrected chi connectivity index (χ1v) is 5.69. The molecule has 3 nitrogen and oxygen atoms in total. The Bertz CT molecular complexity index is 141. The van der Waals surface area contributed by atoms with Crippen molar-refractivity contribution in [2.24, 2.45) is 5.73 Å². The molecule has 0 aromatic carbocycles. The van der Waals surface area contributed by atoms with Gasteiger partial charge in [-0.15, -0.1) is 0 Å². The maximum atomic E-state index is 5.88. The van der Waals surface area contributed by atoms with E-state index in [1.165, 1.54) is 19.3 Å². The number of methoxy groups -OCH3 is 1. The Morgan fingerprint density at radius 1 is 1.21 bits per heavy atom. The molecule has 1 aliphatic rings. The molecule has 0 aromatic rings. The second-order valence-electron chi connectivity index (χ2n) is 4.12. The summed E-state index contributed by atoms with van der Waals surface area (Å²) in [5.41, 5.74) is 5.88. The Kier molecular flexibility index (Phi) is 6.15. The third-order valence-corrected chi connectivity index (χ3v) is 2.76. The molecule has 2 N–H and O–H groups in total. The second-order valence-corrected chi connectivity index (χ2v) is 4.12. The summed E-state index contributed by atoms with van der Waals surface area (Å²) in [5, 5.41) is 0. The largest absolute Gasteiger partial charge is 0.385 e. The monoisotopic (exact) mass is 201 g/mol. The van der Waals surface area contributed by atoms with E-state index < -0.39 is 0 Å². The van der Waals surface area contributed by atoms with Crippen molar-refractivity contribution in [1.29, 1.82) is 0 Å². The summed E-state index contributed by atoms with van der Waals surface area (Å²) in [6.07, 6.45) is 7.24. The molecule has 0 saturated heterocycles. The molecule has 3 heteroatoms. The van der Waals surface area contributed by atoms with Gasteiger partial charge in [-0.1, -0.05) is 0 Å². The highest BCUT2D eigenvalue weighted by Crippen LogP contribution is 2.19. The fourth-order valence-electron chi connectivity index (χ4n) is 1.93. The van der Waals surface area contributed by atoms with Crippen LogP contribution in [-0.4, -0.2) is 32.5 Å². The van der Waals surface area contributed by atoms with Crippen LogP contribution >= 0.6 is 0 Å². The van der Waals surface area contributed by atoms with E-state index in [2.05, 4.69) is 0 Å². The van der Waals surface area contributed by atoms with Crippen molar-refractivity contribution in [3.05, 3.63) is 0 Å². The molecule has 1 saturated carbocycles. The minimum Gasteiger partial charge on any atom is -0.385 e. The molecule has 0 amide bonds. The van der Waals surface area contributed by atoms with E-state index in [0.29, 0.717) is 12.1 Å². The van der Waals surface area contributed by atoms with Crippen molar-refractivity contribution < 1.29 is 9.47 Å². The summed E-state index contributed by atoms with van der Waals surface area (Å²) in [7, 11) is 1.74. The van der Waals surface area contributed by atoms with Crippen LogP contribution in [0.3, 0.4) is 0 Å². The van der Waals surface area contributed by atoms with E-state index in [1.807, 2.05) is 0 Å². The lowest BCUT2D eigenvalue weighted by atomic mass is 9.93. The van der Waals surface area contributed by atoms with Crippen LogP contribution in [0.4, 0.5) is 0 Å². The third kappa shape index (κ3) is 4.94. The summed E-state index contributed by atoms with van der Waals surface area (Å²) in [6.45, 7) is 1.70. The molecule has 0 spiro atoms. The molecule has 0 bridgehead atoms. The Labute approximate surface area is 86.9 Å². The molecular weight excluding hydrogens is 178 g/mol. The van der Waals surface area contributed by atoms with Gasteiger partial charge in [0.25, 0.3) is 0 Å². The second kappa shape index (κ2) is 7.21.